The number of rotatable bonds is 4. The number of hydrogen-bond donors (Lipinski definition) is 2. The van der Waals surface area contributed by atoms with E-state index in [1.54, 1.807) is 5.32 Å². The van der Waals surface area contributed by atoms with E-state index in [1.165, 1.54) is 0 Å². The Kier molecular flexibility index (Phi) is 4.73. The number of aliphatic carboxylic acids is 1. The summed E-state index contributed by atoms with van der Waals surface area (Å²) in [5.74, 6) is -3.82. The molecule has 1 saturated heterocycles. The second-order valence-corrected chi connectivity index (χ2v) is 4.09. The lowest BCUT2D eigenvalue weighted by Gasteiger charge is -2.21. The van der Waals surface area contributed by atoms with Crippen LogP contribution < -0.4 is 5.32 Å². The third-order valence-electron chi connectivity index (χ3n) is 2.74. The summed E-state index contributed by atoms with van der Waals surface area (Å²) >= 11 is 0. The van der Waals surface area contributed by atoms with Crippen molar-refractivity contribution in [3.05, 3.63) is 0 Å². The van der Waals surface area contributed by atoms with Crippen LogP contribution in [0.2, 0.25) is 0 Å². The van der Waals surface area contributed by atoms with E-state index in [-0.39, 0.29) is 13.0 Å². The number of carboxylic acid groups (broad SMARTS) is 1. The van der Waals surface area contributed by atoms with Crippen molar-refractivity contribution in [2.45, 2.75) is 31.5 Å². The fourth-order valence-electron chi connectivity index (χ4n) is 1.85. The largest absolute Gasteiger partial charge is 0.480 e. The SMILES string of the molecule is O=C(O)[C@H]1CCCN1C(=O)CCNC(=O)C(F)(F)F. The van der Waals surface area contributed by atoms with Gasteiger partial charge in [-0.2, -0.15) is 13.2 Å². The first-order chi connectivity index (χ1) is 8.73. The van der Waals surface area contributed by atoms with Gasteiger partial charge in [-0.3, -0.25) is 9.59 Å². The van der Waals surface area contributed by atoms with Crippen molar-refractivity contribution in [1.82, 2.24) is 10.2 Å². The van der Waals surface area contributed by atoms with Crippen LogP contribution in [0.15, 0.2) is 0 Å². The number of nitrogens with one attached hydrogen (secondary N) is 1. The Morgan fingerprint density at radius 1 is 1.32 bits per heavy atom. The van der Waals surface area contributed by atoms with Crippen molar-refractivity contribution in [2.24, 2.45) is 0 Å². The van der Waals surface area contributed by atoms with Crippen molar-refractivity contribution in [3.63, 3.8) is 0 Å². The van der Waals surface area contributed by atoms with Crippen LogP contribution in [0.25, 0.3) is 0 Å². The van der Waals surface area contributed by atoms with Crippen LogP contribution >= 0.6 is 0 Å². The lowest BCUT2D eigenvalue weighted by atomic mass is 10.2. The highest BCUT2D eigenvalue weighted by Crippen LogP contribution is 2.18. The Hall–Kier alpha value is -1.80. The van der Waals surface area contributed by atoms with Crippen LogP contribution in [0.4, 0.5) is 13.2 Å². The summed E-state index contributed by atoms with van der Waals surface area (Å²) in [5.41, 5.74) is 0. The van der Waals surface area contributed by atoms with Crippen LogP contribution in [0.1, 0.15) is 19.3 Å². The topological polar surface area (TPSA) is 86.7 Å². The summed E-state index contributed by atoms with van der Waals surface area (Å²) in [7, 11) is 0. The molecular weight excluding hydrogens is 269 g/mol. The number of nitrogens with zero attached hydrogens (tertiary/aromatic N) is 1. The van der Waals surface area contributed by atoms with Crippen LogP contribution in [0.3, 0.4) is 0 Å². The summed E-state index contributed by atoms with van der Waals surface area (Å²) in [6, 6.07) is -0.925. The fraction of sp³-hybridized carbons (Fsp3) is 0.700. The standard InChI is InChI=1S/C10H13F3N2O4/c11-10(12,13)9(19)14-4-3-7(16)15-5-1-2-6(15)8(17)18/h6H,1-5H2,(H,14,19)(H,17,18)/t6-/m1/s1. The predicted molar refractivity (Wildman–Crippen MR) is 56.1 cm³/mol. The second kappa shape index (κ2) is 5.89. The lowest BCUT2D eigenvalue weighted by Crippen LogP contribution is -2.43. The number of alkyl halides is 3. The van der Waals surface area contributed by atoms with Gasteiger partial charge in [0.15, 0.2) is 0 Å². The van der Waals surface area contributed by atoms with Gasteiger partial charge in [0.05, 0.1) is 0 Å². The van der Waals surface area contributed by atoms with Gasteiger partial charge in [-0.1, -0.05) is 0 Å². The summed E-state index contributed by atoms with van der Waals surface area (Å²) in [6.07, 6.45) is -4.47. The molecular formula is C10H13F3N2O4. The van der Waals surface area contributed by atoms with E-state index < -0.39 is 36.5 Å². The van der Waals surface area contributed by atoms with Gasteiger partial charge in [0.1, 0.15) is 6.04 Å². The predicted octanol–water partition coefficient (Wildman–Crippen LogP) is 0.131. The van der Waals surface area contributed by atoms with Crippen molar-refractivity contribution >= 4 is 17.8 Å². The third kappa shape index (κ3) is 4.11. The Balaban J connectivity index is 2.40. The quantitative estimate of drug-likeness (QED) is 0.767. The molecule has 0 aromatic carbocycles. The van der Waals surface area contributed by atoms with E-state index in [1.807, 2.05) is 0 Å². The van der Waals surface area contributed by atoms with E-state index in [4.69, 9.17) is 5.11 Å². The number of carbonyl (C=O) groups excluding carboxylic acids is 2. The van der Waals surface area contributed by atoms with E-state index in [0.29, 0.717) is 12.8 Å². The van der Waals surface area contributed by atoms with Crippen LogP contribution in [-0.4, -0.2) is 53.1 Å². The van der Waals surface area contributed by atoms with E-state index >= 15 is 0 Å². The molecule has 2 amide bonds. The lowest BCUT2D eigenvalue weighted by molar-refractivity contribution is -0.173. The van der Waals surface area contributed by atoms with Gasteiger partial charge in [0.25, 0.3) is 0 Å². The van der Waals surface area contributed by atoms with Crippen molar-refractivity contribution < 1.29 is 32.7 Å². The molecule has 108 valence electrons. The average Bonchev–Trinajstić information content (AvgIpc) is 2.76. The minimum absolute atomic E-state index is 0.267. The molecule has 0 aromatic rings. The van der Waals surface area contributed by atoms with Gasteiger partial charge in [-0.15, -0.1) is 0 Å². The molecule has 9 heteroatoms. The average molecular weight is 282 g/mol. The number of hydrogen-bond acceptors (Lipinski definition) is 3. The summed E-state index contributed by atoms with van der Waals surface area (Å²) in [4.78, 5) is 34.0. The molecule has 0 saturated carbocycles. The summed E-state index contributed by atoms with van der Waals surface area (Å²) < 4.78 is 35.6. The molecule has 2 N–H and O–H groups in total. The maximum absolute atomic E-state index is 11.9. The molecule has 1 aliphatic rings. The van der Waals surface area contributed by atoms with Gasteiger partial charge in [0.2, 0.25) is 5.91 Å². The highest BCUT2D eigenvalue weighted by molar-refractivity contribution is 5.85. The Morgan fingerprint density at radius 2 is 1.95 bits per heavy atom. The smallest absolute Gasteiger partial charge is 0.471 e. The first-order valence-corrected chi connectivity index (χ1v) is 5.60. The maximum atomic E-state index is 11.9. The number of amides is 2. The molecule has 1 aliphatic heterocycles. The molecule has 1 heterocycles. The highest BCUT2D eigenvalue weighted by atomic mass is 19.4. The minimum Gasteiger partial charge on any atom is -0.480 e. The van der Waals surface area contributed by atoms with Crippen LogP contribution in [0.5, 0.6) is 0 Å². The van der Waals surface area contributed by atoms with Gasteiger partial charge >= 0.3 is 18.1 Å². The van der Waals surface area contributed by atoms with Crippen molar-refractivity contribution in [2.75, 3.05) is 13.1 Å². The van der Waals surface area contributed by atoms with Gasteiger partial charge in [0, 0.05) is 19.5 Å². The molecule has 0 spiro atoms. The van der Waals surface area contributed by atoms with Crippen molar-refractivity contribution in [1.29, 1.82) is 0 Å². The molecule has 0 bridgehead atoms. The Morgan fingerprint density at radius 3 is 2.47 bits per heavy atom. The van der Waals surface area contributed by atoms with Crippen LogP contribution in [0, 0.1) is 0 Å². The molecule has 1 fully saturated rings. The zero-order valence-corrected chi connectivity index (χ0v) is 9.87. The monoisotopic (exact) mass is 282 g/mol. The van der Waals surface area contributed by atoms with Crippen LogP contribution in [-0.2, 0) is 14.4 Å². The number of carbonyl (C=O) groups is 3. The molecule has 1 rings (SSSR count). The first kappa shape index (κ1) is 15.3. The molecule has 0 radical (unpaired) electrons. The normalized spacial score (nSPS) is 19.3. The molecule has 1 atom stereocenters. The zero-order valence-electron chi connectivity index (χ0n) is 9.87. The minimum atomic E-state index is -4.99. The molecule has 0 aromatic heterocycles. The Bertz CT molecular complexity index is 383. The van der Waals surface area contributed by atoms with Crippen molar-refractivity contribution in [3.8, 4) is 0 Å². The number of likely N-dealkylation sites (tertiary alicyclic amines) is 1. The maximum Gasteiger partial charge on any atom is 0.471 e. The van der Waals surface area contributed by atoms with E-state index in [0.717, 1.165) is 4.90 Å². The van der Waals surface area contributed by atoms with Gasteiger partial charge in [-0.05, 0) is 12.8 Å². The summed E-state index contributed by atoms with van der Waals surface area (Å²) in [5, 5.41) is 10.4. The first-order valence-electron chi connectivity index (χ1n) is 5.60. The van der Waals surface area contributed by atoms with E-state index in [2.05, 4.69) is 0 Å². The molecule has 0 unspecified atom stereocenters. The zero-order chi connectivity index (χ0) is 14.6. The highest BCUT2D eigenvalue weighted by Gasteiger charge is 2.38. The molecule has 0 aliphatic carbocycles. The summed E-state index contributed by atoms with van der Waals surface area (Å²) in [6.45, 7) is -0.205. The van der Waals surface area contributed by atoms with Gasteiger partial charge < -0.3 is 15.3 Å². The Labute approximate surface area is 106 Å². The number of halogens is 3. The third-order valence-corrected chi connectivity index (χ3v) is 2.74. The molecule has 6 nitrogen and oxygen atoms in total. The number of carboxylic acids is 1. The van der Waals surface area contributed by atoms with Gasteiger partial charge in [-0.25, -0.2) is 4.79 Å². The fourth-order valence-corrected chi connectivity index (χ4v) is 1.85. The molecule has 19 heavy (non-hydrogen) atoms. The van der Waals surface area contributed by atoms with E-state index in [9.17, 15) is 27.6 Å². The second-order valence-electron chi connectivity index (χ2n) is 4.09.